The van der Waals surface area contributed by atoms with Crippen molar-refractivity contribution >= 4 is 23.2 Å². The summed E-state index contributed by atoms with van der Waals surface area (Å²) in [6.45, 7) is 12.0. The maximum atomic E-state index is 13.7. The van der Waals surface area contributed by atoms with Gasteiger partial charge < -0.3 is 10.6 Å². The summed E-state index contributed by atoms with van der Waals surface area (Å²) in [5, 5.41) is 12.4. The van der Waals surface area contributed by atoms with E-state index in [1.165, 1.54) is 11.3 Å². The third kappa shape index (κ3) is 8.65. The van der Waals surface area contributed by atoms with Crippen molar-refractivity contribution in [2.75, 3.05) is 0 Å². The normalized spacial score (nSPS) is 14.0. The first-order chi connectivity index (χ1) is 17.7. The summed E-state index contributed by atoms with van der Waals surface area (Å²) in [4.78, 5) is 31.7. The van der Waals surface area contributed by atoms with E-state index in [-0.39, 0.29) is 23.8 Å². The van der Waals surface area contributed by atoms with E-state index in [0.29, 0.717) is 12.8 Å². The number of amides is 2. The van der Waals surface area contributed by atoms with Crippen molar-refractivity contribution in [2.24, 2.45) is 5.92 Å². The molecule has 7 heteroatoms. The van der Waals surface area contributed by atoms with Gasteiger partial charge in [-0.25, -0.2) is 4.98 Å². The number of rotatable bonds is 13. The lowest BCUT2D eigenvalue weighted by Crippen LogP contribution is -2.57. The minimum absolute atomic E-state index is 0.143. The number of aromatic nitrogens is 1. The average molecular weight is 519 g/mol. The second-order valence-electron chi connectivity index (χ2n) is 10.2. The SMILES string of the molecule is C=CC(C)(C)NC(Cc1ccccc1)C(=O)NC(Cc1ccccc1)C(=O)NC(c1nccs1)C(C)C. The lowest BCUT2D eigenvalue weighted by Gasteiger charge is -2.30. The van der Waals surface area contributed by atoms with E-state index in [9.17, 15) is 9.59 Å². The topological polar surface area (TPSA) is 83.1 Å². The van der Waals surface area contributed by atoms with Crippen molar-refractivity contribution in [3.05, 3.63) is 101 Å². The van der Waals surface area contributed by atoms with Gasteiger partial charge >= 0.3 is 0 Å². The monoisotopic (exact) mass is 518 g/mol. The van der Waals surface area contributed by atoms with Crippen molar-refractivity contribution in [3.63, 3.8) is 0 Å². The van der Waals surface area contributed by atoms with Crippen molar-refractivity contribution in [3.8, 4) is 0 Å². The van der Waals surface area contributed by atoms with Crippen LogP contribution in [-0.4, -0.2) is 34.4 Å². The predicted molar refractivity (Wildman–Crippen MR) is 151 cm³/mol. The van der Waals surface area contributed by atoms with Crippen LogP contribution in [0.15, 0.2) is 84.9 Å². The van der Waals surface area contributed by atoms with Crippen LogP contribution in [0.25, 0.3) is 0 Å². The van der Waals surface area contributed by atoms with E-state index >= 15 is 0 Å². The molecule has 0 bridgehead atoms. The van der Waals surface area contributed by atoms with Crippen molar-refractivity contribution < 1.29 is 9.59 Å². The van der Waals surface area contributed by atoms with E-state index in [1.807, 2.05) is 93.7 Å². The van der Waals surface area contributed by atoms with E-state index in [4.69, 9.17) is 0 Å². The van der Waals surface area contributed by atoms with E-state index in [1.54, 1.807) is 12.3 Å². The second kappa shape index (κ2) is 13.3. The quantitative estimate of drug-likeness (QED) is 0.283. The molecule has 0 aliphatic rings. The van der Waals surface area contributed by atoms with Crippen LogP contribution in [0.4, 0.5) is 0 Å². The predicted octanol–water partition coefficient (Wildman–Crippen LogP) is 4.85. The summed E-state index contributed by atoms with van der Waals surface area (Å²) >= 11 is 1.51. The number of nitrogens with one attached hydrogen (secondary N) is 3. The highest BCUT2D eigenvalue weighted by Gasteiger charge is 2.31. The Labute approximate surface area is 224 Å². The third-order valence-corrected chi connectivity index (χ3v) is 7.11. The molecular weight excluding hydrogens is 480 g/mol. The fourth-order valence-corrected chi connectivity index (χ4v) is 4.91. The van der Waals surface area contributed by atoms with Gasteiger partial charge in [0.2, 0.25) is 11.8 Å². The van der Waals surface area contributed by atoms with Crippen LogP contribution in [0.3, 0.4) is 0 Å². The number of nitrogens with zero attached hydrogens (tertiary/aromatic N) is 1. The molecule has 0 fully saturated rings. The molecule has 0 spiro atoms. The van der Waals surface area contributed by atoms with Crippen molar-refractivity contribution in [1.82, 2.24) is 20.9 Å². The summed E-state index contributed by atoms with van der Waals surface area (Å²) in [6.07, 6.45) is 4.39. The summed E-state index contributed by atoms with van der Waals surface area (Å²) in [5.41, 5.74) is 1.53. The minimum Gasteiger partial charge on any atom is -0.345 e. The summed E-state index contributed by atoms with van der Waals surface area (Å²) < 4.78 is 0. The number of hydrogen-bond donors (Lipinski definition) is 3. The molecule has 196 valence electrons. The van der Waals surface area contributed by atoms with Crippen LogP contribution >= 0.6 is 11.3 Å². The summed E-state index contributed by atoms with van der Waals surface area (Å²) in [6, 6.07) is 18.1. The Hall–Kier alpha value is -3.29. The summed E-state index contributed by atoms with van der Waals surface area (Å²) in [7, 11) is 0. The number of hydrogen-bond acceptors (Lipinski definition) is 5. The van der Waals surface area contributed by atoms with Gasteiger partial charge in [0.05, 0.1) is 12.1 Å². The third-order valence-electron chi connectivity index (χ3n) is 6.25. The zero-order chi connectivity index (χ0) is 26.8. The molecule has 2 amide bonds. The molecule has 3 aromatic rings. The first-order valence-electron chi connectivity index (χ1n) is 12.7. The van der Waals surface area contributed by atoms with Crippen LogP contribution in [0.5, 0.6) is 0 Å². The number of thiazole rings is 1. The van der Waals surface area contributed by atoms with Gasteiger partial charge in [-0.1, -0.05) is 80.6 Å². The Morgan fingerprint density at radius 3 is 1.95 bits per heavy atom. The molecular formula is C30H38N4O2S. The van der Waals surface area contributed by atoms with Gasteiger partial charge in [-0.3, -0.25) is 14.9 Å². The molecule has 1 aromatic heterocycles. The molecule has 0 saturated heterocycles. The number of carbonyl (C=O) groups excluding carboxylic acids is 2. The highest BCUT2D eigenvalue weighted by atomic mass is 32.1. The molecule has 0 aliphatic heterocycles. The van der Waals surface area contributed by atoms with Gasteiger partial charge in [0.25, 0.3) is 0 Å². The number of benzene rings is 2. The van der Waals surface area contributed by atoms with Gasteiger partial charge in [0.15, 0.2) is 0 Å². The van der Waals surface area contributed by atoms with Crippen LogP contribution < -0.4 is 16.0 Å². The number of carbonyl (C=O) groups is 2. The fraction of sp³-hybridized carbons (Fsp3) is 0.367. The van der Waals surface area contributed by atoms with Crippen molar-refractivity contribution in [2.45, 2.75) is 64.2 Å². The van der Waals surface area contributed by atoms with Gasteiger partial charge in [-0.15, -0.1) is 17.9 Å². The Kier molecular flexibility index (Phi) is 10.2. The Morgan fingerprint density at radius 2 is 1.46 bits per heavy atom. The van der Waals surface area contributed by atoms with Crippen LogP contribution in [0, 0.1) is 5.92 Å². The Morgan fingerprint density at radius 1 is 0.919 bits per heavy atom. The second-order valence-corrected chi connectivity index (χ2v) is 11.1. The standard InChI is InChI=1S/C30H38N4O2S/c1-6-30(4,5)34-25(20-23-15-11-8-12-16-23)28(36)32-24(19-22-13-9-7-10-14-22)27(35)33-26(21(2)3)29-31-17-18-37-29/h6-18,21,24-26,34H,1,19-20H2,2-5H3,(H,32,36)(H,33,35). The van der Waals surface area contributed by atoms with Gasteiger partial charge in [-0.05, 0) is 37.3 Å². The Bertz CT molecular complexity index is 1130. The largest absolute Gasteiger partial charge is 0.345 e. The highest BCUT2D eigenvalue weighted by Crippen LogP contribution is 2.23. The molecule has 1 heterocycles. The van der Waals surface area contributed by atoms with Crippen LogP contribution in [-0.2, 0) is 22.4 Å². The lowest BCUT2D eigenvalue weighted by molar-refractivity contribution is -0.130. The van der Waals surface area contributed by atoms with Gasteiger partial charge in [0, 0.05) is 23.5 Å². The molecule has 6 nitrogen and oxygen atoms in total. The lowest BCUT2D eigenvalue weighted by atomic mass is 9.98. The zero-order valence-electron chi connectivity index (χ0n) is 22.1. The first-order valence-corrected chi connectivity index (χ1v) is 13.6. The maximum absolute atomic E-state index is 13.7. The van der Waals surface area contributed by atoms with Gasteiger partial charge in [0.1, 0.15) is 11.0 Å². The van der Waals surface area contributed by atoms with E-state index in [2.05, 4.69) is 27.5 Å². The zero-order valence-corrected chi connectivity index (χ0v) is 22.9. The van der Waals surface area contributed by atoms with Crippen molar-refractivity contribution in [1.29, 1.82) is 0 Å². The van der Waals surface area contributed by atoms with E-state index < -0.39 is 17.6 Å². The Balaban J connectivity index is 1.85. The summed E-state index contributed by atoms with van der Waals surface area (Å²) in [5.74, 6) is -0.318. The molecule has 37 heavy (non-hydrogen) atoms. The molecule has 0 saturated carbocycles. The highest BCUT2D eigenvalue weighted by molar-refractivity contribution is 7.09. The molecule has 0 radical (unpaired) electrons. The van der Waals surface area contributed by atoms with Crippen LogP contribution in [0.2, 0.25) is 0 Å². The maximum Gasteiger partial charge on any atom is 0.243 e. The van der Waals surface area contributed by atoms with E-state index in [0.717, 1.165) is 16.1 Å². The van der Waals surface area contributed by atoms with Crippen LogP contribution in [0.1, 0.15) is 49.9 Å². The molecule has 3 rings (SSSR count). The minimum atomic E-state index is -0.747. The fourth-order valence-electron chi connectivity index (χ4n) is 4.05. The molecule has 3 N–H and O–H groups in total. The average Bonchev–Trinajstić information content (AvgIpc) is 3.42. The molecule has 3 unspecified atom stereocenters. The van der Waals surface area contributed by atoms with Gasteiger partial charge in [-0.2, -0.15) is 0 Å². The first kappa shape index (κ1) is 28.3. The molecule has 0 aliphatic carbocycles. The molecule has 3 atom stereocenters. The molecule has 2 aromatic carbocycles. The smallest absolute Gasteiger partial charge is 0.243 e.